The van der Waals surface area contributed by atoms with Gasteiger partial charge in [0.25, 0.3) is 0 Å². The summed E-state index contributed by atoms with van der Waals surface area (Å²) in [5, 5.41) is 21.9. The molecule has 10 heteroatoms. The van der Waals surface area contributed by atoms with Crippen LogP contribution in [0.2, 0.25) is 0 Å². The third-order valence-electron chi connectivity index (χ3n) is 4.84. The second-order valence-corrected chi connectivity index (χ2v) is 6.54. The molecule has 4 rings (SSSR count). The highest BCUT2D eigenvalue weighted by Crippen LogP contribution is 2.49. The number of carbonyl (C=O) groups excluding carboxylic acids is 1. The molecule has 0 amide bonds. The molecule has 1 N–H and O–H groups in total. The molecular formula is C22H16N6O4. The molecule has 0 atom stereocenters. The van der Waals surface area contributed by atoms with E-state index in [0.717, 1.165) is 0 Å². The van der Waals surface area contributed by atoms with Gasteiger partial charge in [0.1, 0.15) is 23.6 Å². The van der Waals surface area contributed by atoms with E-state index in [1.807, 2.05) is 12.1 Å². The summed E-state index contributed by atoms with van der Waals surface area (Å²) in [5.74, 6) is 1.10. The summed E-state index contributed by atoms with van der Waals surface area (Å²) >= 11 is 0. The molecule has 3 aromatic rings. The van der Waals surface area contributed by atoms with Crippen LogP contribution in [-0.4, -0.2) is 37.3 Å². The number of benzene rings is 2. The number of methoxy groups -OCH3 is 3. The van der Waals surface area contributed by atoms with E-state index < -0.39 is 5.97 Å². The van der Waals surface area contributed by atoms with Gasteiger partial charge in [-0.1, -0.05) is 0 Å². The summed E-state index contributed by atoms with van der Waals surface area (Å²) in [4.78, 5) is 22.4. The van der Waals surface area contributed by atoms with Gasteiger partial charge in [0.15, 0.2) is 23.0 Å². The van der Waals surface area contributed by atoms with E-state index in [9.17, 15) is 15.3 Å². The van der Waals surface area contributed by atoms with Crippen molar-refractivity contribution in [2.75, 3.05) is 31.5 Å². The van der Waals surface area contributed by atoms with Crippen LogP contribution in [0.4, 0.5) is 28.7 Å². The number of hydrogen-bond acceptors (Lipinski definition) is 10. The predicted octanol–water partition coefficient (Wildman–Crippen LogP) is 3.55. The van der Waals surface area contributed by atoms with Gasteiger partial charge in [-0.3, -0.25) is 4.90 Å². The van der Waals surface area contributed by atoms with Gasteiger partial charge in [-0.15, -0.1) is 0 Å². The molecule has 0 bridgehead atoms. The minimum atomic E-state index is -0.502. The Kier molecular flexibility index (Phi) is 5.19. The van der Waals surface area contributed by atoms with Crippen molar-refractivity contribution in [2.45, 2.75) is 0 Å². The number of nitrogens with zero attached hydrogens (tertiary/aromatic N) is 5. The highest BCUT2D eigenvalue weighted by atomic mass is 16.5. The van der Waals surface area contributed by atoms with Crippen LogP contribution in [0.25, 0.3) is 0 Å². The van der Waals surface area contributed by atoms with Gasteiger partial charge in [0.2, 0.25) is 0 Å². The Morgan fingerprint density at radius 1 is 0.969 bits per heavy atom. The largest absolute Gasteiger partial charge is 0.497 e. The van der Waals surface area contributed by atoms with Gasteiger partial charge in [-0.05, 0) is 30.3 Å². The van der Waals surface area contributed by atoms with Crippen LogP contribution < -0.4 is 19.7 Å². The molecule has 0 unspecified atom stereocenters. The second kappa shape index (κ2) is 8.13. The Labute approximate surface area is 183 Å². The van der Waals surface area contributed by atoms with Crippen LogP contribution in [0.3, 0.4) is 0 Å². The molecule has 2 heterocycles. The van der Waals surface area contributed by atoms with Crippen molar-refractivity contribution in [1.29, 1.82) is 10.5 Å². The Bertz CT molecular complexity index is 1330. The topological polar surface area (TPSA) is 133 Å². The average Bonchev–Trinajstić information content (AvgIpc) is 2.85. The van der Waals surface area contributed by atoms with Crippen molar-refractivity contribution in [3.05, 3.63) is 53.3 Å². The molecule has 0 radical (unpaired) electrons. The lowest BCUT2D eigenvalue weighted by Gasteiger charge is -2.33. The molecule has 1 aliphatic heterocycles. The fraction of sp³-hybridized carbons (Fsp3) is 0.136. The second-order valence-electron chi connectivity index (χ2n) is 6.54. The molecule has 1 aliphatic rings. The van der Waals surface area contributed by atoms with Crippen molar-refractivity contribution in [3.63, 3.8) is 0 Å². The third-order valence-corrected chi connectivity index (χ3v) is 4.84. The minimum Gasteiger partial charge on any atom is -0.497 e. The first-order valence-corrected chi connectivity index (χ1v) is 9.28. The van der Waals surface area contributed by atoms with Crippen LogP contribution in [0.1, 0.15) is 21.7 Å². The summed E-state index contributed by atoms with van der Waals surface area (Å²) in [6.45, 7) is 0. The summed E-state index contributed by atoms with van der Waals surface area (Å²) in [6.07, 6.45) is 0. The van der Waals surface area contributed by atoms with E-state index in [-0.39, 0.29) is 17.2 Å². The lowest BCUT2D eigenvalue weighted by atomic mass is 10.1. The third kappa shape index (κ3) is 3.26. The molecule has 2 aromatic carbocycles. The van der Waals surface area contributed by atoms with Crippen molar-refractivity contribution < 1.29 is 19.0 Å². The van der Waals surface area contributed by atoms with E-state index in [0.29, 0.717) is 39.9 Å². The maximum atomic E-state index is 12.0. The average molecular weight is 428 g/mol. The molecule has 0 aliphatic carbocycles. The van der Waals surface area contributed by atoms with Crippen LogP contribution in [0.5, 0.6) is 11.5 Å². The zero-order valence-electron chi connectivity index (χ0n) is 17.3. The Morgan fingerprint density at radius 3 is 2.34 bits per heavy atom. The van der Waals surface area contributed by atoms with Gasteiger partial charge in [-0.25, -0.2) is 14.8 Å². The van der Waals surface area contributed by atoms with Crippen molar-refractivity contribution in [2.24, 2.45) is 0 Å². The number of rotatable bonds is 4. The number of nitrogens with one attached hydrogen (secondary N) is 1. The normalized spacial score (nSPS) is 11.2. The molecule has 158 valence electrons. The molecule has 0 saturated carbocycles. The Morgan fingerprint density at radius 2 is 1.69 bits per heavy atom. The van der Waals surface area contributed by atoms with Crippen LogP contribution >= 0.6 is 0 Å². The standard InChI is InChI=1S/C22H16N6O4/c1-30-13-5-7-18(19(9-13)31-2)28-17-6-4-12(22(29)32-3)8-14(17)25-20-21(28)27-16(11-24)15(10-23)26-20/h4-9H,1-3H3,(H,25,26). The molecule has 1 aromatic heterocycles. The van der Waals surface area contributed by atoms with Gasteiger partial charge in [-0.2, -0.15) is 10.5 Å². The van der Waals surface area contributed by atoms with Crippen molar-refractivity contribution >= 4 is 34.7 Å². The van der Waals surface area contributed by atoms with E-state index in [1.54, 1.807) is 48.4 Å². The summed E-state index contributed by atoms with van der Waals surface area (Å²) in [6, 6.07) is 14.0. The number of anilines is 5. The Balaban J connectivity index is 2.00. The maximum absolute atomic E-state index is 12.0. The van der Waals surface area contributed by atoms with E-state index in [2.05, 4.69) is 15.3 Å². The molecule has 0 fully saturated rings. The SMILES string of the molecule is COC(=O)c1ccc2c(c1)Nc1nc(C#N)c(C#N)nc1N2c1ccc(OC)cc1OC. The number of ether oxygens (including phenoxy) is 3. The first-order chi connectivity index (χ1) is 15.5. The lowest BCUT2D eigenvalue weighted by molar-refractivity contribution is 0.0601. The predicted molar refractivity (Wildman–Crippen MR) is 114 cm³/mol. The number of hydrogen-bond donors (Lipinski definition) is 1. The number of nitriles is 2. The Hall–Kier alpha value is -4.83. The van der Waals surface area contributed by atoms with E-state index in [1.165, 1.54) is 14.2 Å². The molecule has 0 saturated heterocycles. The van der Waals surface area contributed by atoms with E-state index in [4.69, 9.17) is 14.2 Å². The zero-order chi connectivity index (χ0) is 22.8. The summed E-state index contributed by atoms with van der Waals surface area (Å²) in [5.41, 5.74) is 1.84. The lowest BCUT2D eigenvalue weighted by Crippen LogP contribution is -2.22. The molecule has 0 spiro atoms. The van der Waals surface area contributed by atoms with E-state index >= 15 is 0 Å². The number of aromatic nitrogens is 2. The number of esters is 1. The first kappa shape index (κ1) is 20.4. The highest BCUT2D eigenvalue weighted by molar-refractivity contribution is 5.99. The summed E-state index contributed by atoms with van der Waals surface area (Å²) in [7, 11) is 4.37. The number of fused-ring (bicyclic) bond motifs is 2. The quantitative estimate of drug-likeness (QED) is 0.481. The smallest absolute Gasteiger partial charge is 0.337 e. The monoisotopic (exact) mass is 428 g/mol. The highest BCUT2D eigenvalue weighted by Gasteiger charge is 2.31. The van der Waals surface area contributed by atoms with Gasteiger partial charge in [0, 0.05) is 6.07 Å². The molecule has 32 heavy (non-hydrogen) atoms. The van der Waals surface area contributed by atoms with Crippen LogP contribution in [-0.2, 0) is 4.74 Å². The first-order valence-electron chi connectivity index (χ1n) is 9.28. The summed E-state index contributed by atoms with van der Waals surface area (Å²) < 4.78 is 15.7. The zero-order valence-corrected chi connectivity index (χ0v) is 17.3. The molecular weight excluding hydrogens is 412 g/mol. The van der Waals surface area contributed by atoms with Crippen LogP contribution in [0.15, 0.2) is 36.4 Å². The van der Waals surface area contributed by atoms with Crippen molar-refractivity contribution in [3.8, 4) is 23.6 Å². The fourth-order valence-electron chi connectivity index (χ4n) is 3.35. The van der Waals surface area contributed by atoms with Gasteiger partial charge in [0.05, 0.1) is 44.0 Å². The maximum Gasteiger partial charge on any atom is 0.337 e. The van der Waals surface area contributed by atoms with Crippen LogP contribution in [0, 0.1) is 22.7 Å². The fourth-order valence-corrected chi connectivity index (χ4v) is 3.35. The minimum absolute atomic E-state index is 0.111. The molecule has 10 nitrogen and oxygen atoms in total. The number of carbonyl (C=O) groups is 1. The van der Waals surface area contributed by atoms with Gasteiger partial charge >= 0.3 is 5.97 Å². The van der Waals surface area contributed by atoms with Crippen molar-refractivity contribution in [1.82, 2.24) is 9.97 Å². The van der Waals surface area contributed by atoms with Gasteiger partial charge < -0.3 is 19.5 Å².